The maximum absolute atomic E-state index is 6.21. The summed E-state index contributed by atoms with van der Waals surface area (Å²) in [6.45, 7) is 0.760. The Kier molecular flexibility index (Phi) is 5.34. The summed E-state index contributed by atoms with van der Waals surface area (Å²) in [6, 6.07) is 52.3. The molecule has 0 aliphatic heterocycles. The minimum absolute atomic E-state index is 0.760. The maximum atomic E-state index is 6.21. The molecule has 216 valence electrons. The van der Waals surface area contributed by atoms with Crippen molar-refractivity contribution in [2.24, 2.45) is 0 Å². The van der Waals surface area contributed by atoms with E-state index in [0.717, 1.165) is 34.0 Å². The van der Waals surface area contributed by atoms with Crippen LogP contribution in [0.4, 0.5) is 0 Å². The van der Waals surface area contributed by atoms with Crippen molar-refractivity contribution in [1.82, 2.24) is 9.13 Å². The molecule has 0 fully saturated rings. The molecule has 7 aromatic carbocycles. The van der Waals surface area contributed by atoms with E-state index < -0.39 is 0 Å². The molecule has 3 heterocycles. The van der Waals surface area contributed by atoms with Gasteiger partial charge in [0.2, 0.25) is 0 Å². The van der Waals surface area contributed by atoms with E-state index in [1.807, 2.05) is 12.1 Å². The van der Waals surface area contributed by atoms with E-state index in [2.05, 4.69) is 155 Å². The quantitative estimate of drug-likeness (QED) is 0.201. The standard InChI is InChI=1S/C43H28N2O/c1-2-11-31-28(10-1)19-23-40-43(31)35-14-4-7-16-38(35)45(40)25-9-24-44-37-15-6-3-12-32(37)36-26-29(20-22-39(36)44)30-18-21-34-33-13-5-8-17-41(33)46-42(34)27-30/h1-23,25-27H,24H2/b25-9+. The third kappa shape index (κ3) is 3.66. The molecule has 0 saturated heterocycles. The summed E-state index contributed by atoms with van der Waals surface area (Å²) in [6.07, 6.45) is 4.54. The largest absolute Gasteiger partial charge is 0.456 e. The number of rotatable bonds is 4. The lowest BCUT2D eigenvalue weighted by Gasteiger charge is -2.07. The highest BCUT2D eigenvalue weighted by atomic mass is 16.3. The third-order valence-electron chi connectivity index (χ3n) is 9.63. The number of para-hydroxylation sites is 3. The van der Waals surface area contributed by atoms with Crippen LogP contribution in [-0.4, -0.2) is 9.13 Å². The van der Waals surface area contributed by atoms with E-state index >= 15 is 0 Å². The minimum atomic E-state index is 0.760. The Morgan fingerprint density at radius 3 is 2.02 bits per heavy atom. The van der Waals surface area contributed by atoms with E-state index in [1.165, 1.54) is 59.9 Å². The summed E-state index contributed by atoms with van der Waals surface area (Å²) in [5.41, 5.74) is 9.10. The smallest absolute Gasteiger partial charge is 0.136 e. The van der Waals surface area contributed by atoms with Crippen molar-refractivity contribution in [2.45, 2.75) is 6.54 Å². The normalized spacial score (nSPS) is 12.3. The molecule has 0 amide bonds. The SMILES string of the molecule is C(=C\n1c2ccccc2c2c3ccccc3ccc21)/Cn1c2ccccc2c2cc(-c3ccc4c(c3)oc3ccccc34)ccc21. The van der Waals surface area contributed by atoms with Gasteiger partial charge in [-0.2, -0.15) is 0 Å². The molecule has 0 atom stereocenters. The molecule has 0 spiro atoms. The number of aromatic nitrogens is 2. The van der Waals surface area contributed by atoms with Crippen LogP contribution < -0.4 is 0 Å². The van der Waals surface area contributed by atoms with Gasteiger partial charge in [0, 0.05) is 56.1 Å². The molecule has 0 bridgehead atoms. The first-order valence-electron chi connectivity index (χ1n) is 15.8. The van der Waals surface area contributed by atoms with Gasteiger partial charge in [-0.3, -0.25) is 0 Å². The van der Waals surface area contributed by atoms with Crippen molar-refractivity contribution in [3.8, 4) is 11.1 Å². The van der Waals surface area contributed by atoms with Crippen LogP contribution in [0.2, 0.25) is 0 Å². The monoisotopic (exact) mass is 588 g/mol. The highest BCUT2D eigenvalue weighted by Crippen LogP contribution is 2.37. The summed E-state index contributed by atoms with van der Waals surface area (Å²) in [4.78, 5) is 0. The van der Waals surface area contributed by atoms with Crippen molar-refractivity contribution >= 4 is 82.5 Å². The Morgan fingerprint density at radius 2 is 1.11 bits per heavy atom. The van der Waals surface area contributed by atoms with E-state index in [4.69, 9.17) is 4.42 Å². The molecule has 0 saturated carbocycles. The van der Waals surface area contributed by atoms with Gasteiger partial charge in [-0.05, 0) is 76.5 Å². The van der Waals surface area contributed by atoms with Crippen molar-refractivity contribution in [1.29, 1.82) is 0 Å². The van der Waals surface area contributed by atoms with Crippen molar-refractivity contribution in [3.63, 3.8) is 0 Å². The average Bonchev–Trinajstić information content (AvgIpc) is 3.76. The second-order valence-corrected chi connectivity index (χ2v) is 12.1. The van der Waals surface area contributed by atoms with Gasteiger partial charge in [0.25, 0.3) is 0 Å². The minimum Gasteiger partial charge on any atom is -0.456 e. The first-order chi connectivity index (χ1) is 22.8. The lowest BCUT2D eigenvalue weighted by Crippen LogP contribution is -1.95. The van der Waals surface area contributed by atoms with Crippen LogP contribution >= 0.6 is 0 Å². The second-order valence-electron chi connectivity index (χ2n) is 12.1. The highest BCUT2D eigenvalue weighted by Gasteiger charge is 2.14. The summed E-state index contributed by atoms with van der Waals surface area (Å²) in [7, 11) is 0. The van der Waals surface area contributed by atoms with Crippen molar-refractivity contribution in [3.05, 3.63) is 152 Å². The molecule has 0 unspecified atom stereocenters. The summed E-state index contributed by atoms with van der Waals surface area (Å²) >= 11 is 0. The van der Waals surface area contributed by atoms with Crippen LogP contribution in [0.15, 0.2) is 156 Å². The Morgan fingerprint density at radius 1 is 0.457 bits per heavy atom. The lowest BCUT2D eigenvalue weighted by atomic mass is 10.0. The van der Waals surface area contributed by atoms with E-state index in [9.17, 15) is 0 Å². The fraction of sp³-hybridized carbons (Fsp3) is 0.0233. The molecular weight excluding hydrogens is 560 g/mol. The summed E-state index contributed by atoms with van der Waals surface area (Å²) in [5, 5.41) is 9.98. The van der Waals surface area contributed by atoms with Crippen LogP contribution in [0.3, 0.4) is 0 Å². The van der Waals surface area contributed by atoms with Crippen LogP contribution in [0.25, 0.3) is 93.6 Å². The van der Waals surface area contributed by atoms with Gasteiger partial charge in [0.15, 0.2) is 0 Å². The molecule has 3 heteroatoms. The number of hydrogen-bond donors (Lipinski definition) is 0. The molecular formula is C43H28N2O. The number of nitrogens with zero attached hydrogens (tertiary/aromatic N) is 2. The Bertz CT molecular complexity index is 2840. The Hall–Kier alpha value is -6.06. The fourth-order valence-electron chi connectivity index (χ4n) is 7.52. The molecule has 0 N–H and O–H groups in total. The zero-order valence-corrected chi connectivity index (χ0v) is 25.0. The summed E-state index contributed by atoms with van der Waals surface area (Å²) in [5.74, 6) is 0. The number of allylic oxidation sites excluding steroid dienone is 1. The predicted octanol–water partition coefficient (Wildman–Crippen LogP) is 11.8. The van der Waals surface area contributed by atoms with Crippen LogP contribution in [0.5, 0.6) is 0 Å². The van der Waals surface area contributed by atoms with E-state index in [-0.39, 0.29) is 0 Å². The Balaban J connectivity index is 1.08. The van der Waals surface area contributed by atoms with Crippen LogP contribution in [-0.2, 0) is 6.54 Å². The topological polar surface area (TPSA) is 23.0 Å². The van der Waals surface area contributed by atoms with Crippen LogP contribution in [0.1, 0.15) is 0 Å². The second kappa shape index (κ2) is 9.72. The Labute approximate surface area is 264 Å². The van der Waals surface area contributed by atoms with Gasteiger partial charge in [-0.25, -0.2) is 0 Å². The first kappa shape index (κ1) is 25.3. The molecule has 0 aliphatic rings. The molecule has 46 heavy (non-hydrogen) atoms. The van der Waals surface area contributed by atoms with E-state index in [0.29, 0.717) is 0 Å². The third-order valence-corrected chi connectivity index (χ3v) is 9.63. The zero-order chi connectivity index (χ0) is 30.2. The van der Waals surface area contributed by atoms with Gasteiger partial charge in [0.05, 0.1) is 11.0 Å². The number of hydrogen-bond acceptors (Lipinski definition) is 1. The van der Waals surface area contributed by atoms with Gasteiger partial charge in [-0.1, -0.05) is 97.1 Å². The maximum Gasteiger partial charge on any atom is 0.136 e. The summed E-state index contributed by atoms with van der Waals surface area (Å²) < 4.78 is 11.0. The molecule has 0 aliphatic carbocycles. The molecule has 0 radical (unpaired) electrons. The van der Waals surface area contributed by atoms with E-state index in [1.54, 1.807) is 0 Å². The van der Waals surface area contributed by atoms with Crippen molar-refractivity contribution < 1.29 is 4.42 Å². The molecule has 3 aromatic heterocycles. The van der Waals surface area contributed by atoms with Crippen molar-refractivity contribution in [2.75, 3.05) is 0 Å². The molecule has 3 nitrogen and oxygen atoms in total. The number of benzene rings is 7. The predicted molar refractivity (Wildman–Crippen MR) is 194 cm³/mol. The first-order valence-corrected chi connectivity index (χ1v) is 15.8. The van der Waals surface area contributed by atoms with Gasteiger partial charge in [0.1, 0.15) is 11.2 Å². The van der Waals surface area contributed by atoms with Gasteiger partial charge >= 0.3 is 0 Å². The zero-order valence-electron chi connectivity index (χ0n) is 25.0. The van der Waals surface area contributed by atoms with Gasteiger partial charge in [-0.15, -0.1) is 0 Å². The molecule has 10 rings (SSSR count). The highest BCUT2D eigenvalue weighted by molar-refractivity contribution is 6.21. The molecule has 10 aromatic rings. The number of furan rings is 1. The van der Waals surface area contributed by atoms with Crippen LogP contribution in [0, 0.1) is 0 Å². The number of fused-ring (bicyclic) bond motifs is 11. The lowest BCUT2D eigenvalue weighted by molar-refractivity contribution is 0.669. The fourth-order valence-corrected chi connectivity index (χ4v) is 7.52. The van der Waals surface area contributed by atoms with Gasteiger partial charge < -0.3 is 13.6 Å². The average molecular weight is 589 g/mol.